The highest BCUT2D eigenvalue weighted by atomic mass is 79.9. The predicted octanol–water partition coefficient (Wildman–Crippen LogP) is 3.59. The van der Waals surface area contributed by atoms with Crippen molar-refractivity contribution in [2.75, 3.05) is 5.32 Å². The van der Waals surface area contributed by atoms with Crippen molar-refractivity contribution in [3.63, 3.8) is 0 Å². The van der Waals surface area contributed by atoms with Gasteiger partial charge in [0.15, 0.2) is 0 Å². The van der Waals surface area contributed by atoms with E-state index in [9.17, 15) is 4.79 Å². The largest absolute Gasteiger partial charge is 0.307 e. The Bertz CT molecular complexity index is 640. The average molecular weight is 317 g/mol. The van der Waals surface area contributed by atoms with Crippen LogP contribution in [0.25, 0.3) is 0 Å². The van der Waals surface area contributed by atoms with Gasteiger partial charge < -0.3 is 5.32 Å². The second kappa shape index (κ2) is 5.13. The number of hydrogen-bond acceptors (Lipinski definition) is 2. The van der Waals surface area contributed by atoms with Crippen LogP contribution in [0.15, 0.2) is 41.0 Å². The molecule has 3 nitrogen and oxygen atoms in total. The van der Waals surface area contributed by atoms with Crippen molar-refractivity contribution in [2.45, 2.75) is 19.3 Å². The lowest BCUT2D eigenvalue weighted by Gasteiger charge is -2.06. The molecule has 0 saturated carbocycles. The van der Waals surface area contributed by atoms with E-state index in [0.717, 1.165) is 17.3 Å². The van der Waals surface area contributed by atoms with Crippen LogP contribution in [0, 0.1) is 0 Å². The maximum absolute atomic E-state index is 12.2. The monoisotopic (exact) mass is 316 g/mol. The third kappa shape index (κ3) is 2.68. The molecule has 2 aromatic rings. The lowest BCUT2D eigenvalue weighted by atomic mass is 10.1. The highest BCUT2D eigenvalue weighted by Crippen LogP contribution is 2.23. The van der Waals surface area contributed by atoms with E-state index in [1.807, 2.05) is 18.2 Å². The minimum absolute atomic E-state index is 0.111. The highest BCUT2D eigenvalue weighted by Gasteiger charge is 2.14. The van der Waals surface area contributed by atoms with Crippen molar-refractivity contribution in [3.8, 4) is 0 Å². The minimum atomic E-state index is -0.111. The quantitative estimate of drug-likeness (QED) is 0.920. The van der Waals surface area contributed by atoms with Crippen LogP contribution < -0.4 is 5.32 Å². The normalized spacial score (nSPS) is 13.1. The molecule has 1 aromatic carbocycles. The SMILES string of the molecule is O=C(Nc1cc(Br)ccn1)c1ccc2c(c1)CCC2. The van der Waals surface area contributed by atoms with Gasteiger partial charge in [-0.25, -0.2) is 4.98 Å². The molecular formula is C15H13BrN2O. The topological polar surface area (TPSA) is 42.0 Å². The van der Waals surface area contributed by atoms with E-state index in [1.165, 1.54) is 17.5 Å². The van der Waals surface area contributed by atoms with Gasteiger partial charge >= 0.3 is 0 Å². The van der Waals surface area contributed by atoms with Gasteiger partial charge in [0.25, 0.3) is 5.91 Å². The smallest absolute Gasteiger partial charge is 0.256 e. The van der Waals surface area contributed by atoms with Gasteiger partial charge in [0.1, 0.15) is 5.82 Å². The van der Waals surface area contributed by atoms with Crippen LogP contribution in [-0.4, -0.2) is 10.9 Å². The first kappa shape index (κ1) is 12.4. The second-order valence-electron chi connectivity index (χ2n) is 4.65. The fourth-order valence-corrected chi connectivity index (χ4v) is 2.71. The maximum Gasteiger partial charge on any atom is 0.256 e. The van der Waals surface area contributed by atoms with Crippen LogP contribution in [-0.2, 0) is 12.8 Å². The van der Waals surface area contributed by atoms with Gasteiger partial charge in [0.05, 0.1) is 0 Å². The zero-order chi connectivity index (χ0) is 13.2. The number of carbonyl (C=O) groups is 1. The van der Waals surface area contributed by atoms with Gasteiger partial charge in [0, 0.05) is 16.2 Å². The Labute approximate surface area is 120 Å². The van der Waals surface area contributed by atoms with Crippen LogP contribution in [0.5, 0.6) is 0 Å². The summed E-state index contributed by atoms with van der Waals surface area (Å²) < 4.78 is 0.895. The predicted molar refractivity (Wildman–Crippen MR) is 78.4 cm³/mol. The standard InChI is InChI=1S/C15H13BrN2O/c16-13-6-7-17-14(9-13)18-15(19)12-5-4-10-2-1-3-11(10)8-12/h4-9H,1-3H2,(H,17,18,19). The number of anilines is 1. The molecule has 1 heterocycles. The Hall–Kier alpha value is -1.68. The summed E-state index contributed by atoms with van der Waals surface area (Å²) in [4.78, 5) is 16.3. The Morgan fingerprint density at radius 3 is 2.84 bits per heavy atom. The molecule has 1 N–H and O–H groups in total. The van der Waals surface area contributed by atoms with E-state index in [4.69, 9.17) is 0 Å². The van der Waals surface area contributed by atoms with E-state index in [-0.39, 0.29) is 5.91 Å². The summed E-state index contributed by atoms with van der Waals surface area (Å²) in [5.74, 6) is 0.445. The molecule has 4 heteroatoms. The lowest BCUT2D eigenvalue weighted by Crippen LogP contribution is -2.13. The van der Waals surface area contributed by atoms with E-state index in [0.29, 0.717) is 11.4 Å². The van der Waals surface area contributed by atoms with Crippen LogP contribution in [0.4, 0.5) is 5.82 Å². The van der Waals surface area contributed by atoms with Gasteiger partial charge in [0.2, 0.25) is 0 Å². The third-order valence-corrected chi connectivity index (χ3v) is 3.82. The number of aromatic nitrogens is 1. The molecule has 96 valence electrons. The number of pyridine rings is 1. The maximum atomic E-state index is 12.2. The molecule has 3 rings (SSSR count). The summed E-state index contributed by atoms with van der Waals surface area (Å²) in [6.07, 6.45) is 5.05. The van der Waals surface area contributed by atoms with E-state index >= 15 is 0 Å². The van der Waals surface area contributed by atoms with E-state index in [1.54, 1.807) is 12.3 Å². The molecule has 0 atom stereocenters. The molecule has 1 aliphatic rings. The molecule has 0 saturated heterocycles. The van der Waals surface area contributed by atoms with Crippen LogP contribution >= 0.6 is 15.9 Å². The molecule has 0 spiro atoms. The number of halogens is 1. The molecule has 1 amide bonds. The number of nitrogens with zero attached hydrogens (tertiary/aromatic N) is 1. The van der Waals surface area contributed by atoms with Crippen LogP contribution in [0.3, 0.4) is 0 Å². The number of fused-ring (bicyclic) bond motifs is 1. The average Bonchev–Trinajstić information content (AvgIpc) is 2.85. The first-order valence-corrected chi connectivity index (χ1v) is 7.06. The molecule has 1 aliphatic carbocycles. The molecule has 0 fully saturated rings. The number of carbonyl (C=O) groups excluding carboxylic acids is 1. The van der Waals surface area contributed by atoms with Crippen molar-refractivity contribution in [2.24, 2.45) is 0 Å². The first-order chi connectivity index (χ1) is 9.22. The molecule has 0 bridgehead atoms. The van der Waals surface area contributed by atoms with E-state index in [2.05, 4.69) is 32.3 Å². The fraction of sp³-hybridized carbons (Fsp3) is 0.200. The van der Waals surface area contributed by atoms with Gasteiger partial charge in [-0.05, 0) is 54.7 Å². The number of benzene rings is 1. The van der Waals surface area contributed by atoms with Gasteiger partial charge in [-0.1, -0.05) is 22.0 Å². The molecular weight excluding hydrogens is 304 g/mol. The Morgan fingerprint density at radius 1 is 1.16 bits per heavy atom. The Kier molecular flexibility index (Phi) is 3.34. The van der Waals surface area contributed by atoms with Crippen molar-refractivity contribution < 1.29 is 4.79 Å². The third-order valence-electron chi connectivity index (χ3n) is 3.32. The summed E-state index contributed by atoms with van der Waals surface area (Å²) in [5.41, 5.74) is 3.37. The minimum Gasteiger partial charge on any atom is -0.307 e. The Morgan fingerprint density at radius 2 is 2.00 bits per heavy atom. The summed E-state index contributed by atoms with van der Waals surface area (Å²) in [6, 6.07) is 9.55. The zero-order valence-corrected chi connectivity index (χ0v) is 11.9. The highest BCUT2D eigenvalue weighted by molar-refractivity contribution is 9.10. The fourth-order valence-electron chi connectivity index (χ4n) is 2.37. The van der Waals surface area contributed by atoms with Gasteiger partial charge in [-0.3, -0.25) is 4.79 Å². The van der Waals surface area contributed by atoms with Crippen molar-refractivity contribution in [1.29, 1.82) is 0 Å². The first-order valence-electron chi connectivity index (χ1n) is 6.27. The summed E-state index contributed by atoms with van der Waals surface area (Å²) >= 11 is 3.36. The lowest BCUT2D eigenvalue weighted by molar-refractivity contribution is 0.102. The van der Waals surface area contributed by atoms with Crippen LogP contribution in [0.1, 0.15) is 27.9 Å². The van der Waals surface area contributed by atoms with Gasteiger partial charge in [-0.2, -0.15) is 0 Å². The molecule has 0 radical (unpaired) electrons. The second-order valence-corrected chi connectivity index (χ2v) is 5.57. The molecule has 1 aromatic heterocycles. The Balaban J connectivity index is 1.81. The number of nitrogens with one attached hydrogen (secondary N) is 1. The molecule has 19 heavy (non-hydrogen) atoms. The van der Waals surface area contributed by atoms with Crippen molar-refractivity contribution >= 4 is 27.7 Å². The van der Waals surface area contributed by atoms with Crippen molar-refractivity contribution in [1.82, 2.24) is 4.98 Å². The molecule has 0 unspecified atom stereocenters. The number of aryl methyl sites for hydroxylation is 2. The van der Waals surface area contributed by atoms with Crippen LogP contribution in [0.2, 0.25) is 0 Å². The summed E-state index contributed by atoms with van der Waals surface area (Å²) in [6.45, 7) is 0. The molecule has 0 aliphatic heterocycles. The van der Waals surface area contributed by atoms with Crippen molar-refractivity contribution in [3.05, 3.63) is 57.7 Å². The zero-order valence-electron chi connectivity index (χ0n) is 10.3. The summed E-state index contributed by atoms with van der Waals surface area (Å²) in [5, 5.41) is 2.81. The van der Waals surface area contributed by atoms with E-state index < -0.39 is 0 Å². The van der Waals surface area contributed by atoms with Gasteiger partial charge in [-0.15, -0.1) is 0 Å². The number of hydrogen-bond donors (Lipinski definition) is 1. The summed E-state index contributed by atoms with van der Waals surface area (Å²) in [7, 11) is 0. The number of rotatable bonds is 2. The number of amides is 1.